The van der Waals surface area contributed by atoms with Crippen LogP contribution >= 0.6 is 11.6 Å². The molecule has 0 fully saturated rings. The lowest BCUT2D eigenvalue weighted by atomic mass is 9.90. The molecule has 1 aromatic carbocycles. The van der Waals surface area contributed by atoms with Crippen LogP contribution in [-0.2, 0) is 11.2 Å². The maximum absolute atomic E-state index is 12.2. The first-order chi connectivity index (χ1) is 12.5. The first kappa shape index (κ1) is 18.0. The number of rotatable bonds is 5. The quantitative estimate of drug-likeness (QED) is 0.737. The minimum absolute atomic E-state index is 0.114. The van der Waals surface area contributed by atoms with E-state index in [1.807, 2.05) is 0 Å². The van der Waals surface area contributed by atoms with Gasteiger partial charge in [0.25, 0.3) is 17.4 Å². The van der Waals surface area contributed by atoms with Gasteiger partial charge < -0.3 is 20.8 Å². The third-order valence-electron chi connectivity index (χ3n) is 4.25. The van der Waals surface area contributed by atoms with Crippen molar-refractivity contribution in [1.29, 1.82) is 0 Å². The Morgan fingerprint density at radius 1 is 1.35 bits per heavy atom. The molecule has 1 aromatic heterocycles. The highest BCUT2D eigenvalue weighted by Gasteiger charge is 2.25. The van der Waals surface area contributed by atoms with Crippen molar-refractivity contribution in [2.45, 2.75) is 25.3 Å². The maximum Gasteiger partial charge on any atom is 0.261 e. The monoisotopic (exact) mass is 375 g/mol. The minimum Gasteiger partial charge on any atom is -0.482 e. The Balaban J connectivity index is 1.72. The summed E-state index contributed by atoms with van der Waals surface area (Å²) in [4.78, 5) is 38.2. The van der Waals surface area contributed by atoms with Crippen molar-refractivity contribution < 1.29 is 14.3 Å². The molecule has 1 heterocycles. The van der Waals surface area contributed by atoms with Gasteiger partial charge in [0.2, 0.25) is 0 Å². The number of aromatic nitrogens is 1. The lowest BCUT2D eigenvalue weighted by Gasteiger charge is -2.26. The number of halogens is 1. The number of pyridine rings is 1. The highest BCUT2D eigenvalue weighted by atomic mass is 35.5. The molecule has 2 aromatic rings. The summed E-state index contributed by atoms with van der Waals surface area (Å²) in [6.45, 7) is -0.193. The molecule has 1 aliphatic rings. The van der Waals surface area contributed by atoms with Gasteiger partial charge in [0.15, 0.2) is 6.61 Å². The van der Waals surface area contributed by atoms with E-state index >= 15 is 0 Å². The summed E-state index contributed by atoms with van der Waals surface area (Å²) in [7, 11) is 0. The number of benzene rings is 1. The standard InChI is InChI=1S/C18H18ClN3O4/c19-12-4-1-2-7-15(12)26-9-16(23)21-13-5-3-6-14-10(13)8-11(17(20)24)18(25)22-14/h1-2,4,7-8,13H,3,5-6,9H2,(H2,20,24)(H,21,23)(H,22,25). The van der Waals surface area contributed by atoms with E-state index < -0.39 is 11.5 Å². The molecule has 0 aliphatic heterocycles. The largest absolute Gasteiger partial charge is 0.482 e. The first-order valence-electron chi connectivity index (χ1n) is 8.18. The number of H-pyrrole nitrogens is 1. The van der Waals surface area contributed by atoms with Crippen LogP contribution in [0.2, 0.25) is 5.02 Å². The summed E-state index contributed by atoms with van der Waals surface area (Å²) in [5, 5.41) is 3.29. The van der Waals surface area contributed by atoms with Crippen molar-refractivity contribution in [1.82, 2.24) is 10.3 Å². The summed E-state index contributed by atoms with van der Waals surface area (Å²) in [6, 6.07) is 8.03. The summed E-state index contributed by atoms with van der Waals surface area (Å²) >= 11 is 5.99. The van der Waals surface area contributed by atoms with E-state index in [0.29, 0.717) is 34.9 Å². The van der Waals surface area contributed by atoms with Crippen LogP contribution in [0.5, 0.6) is 5.75 Å². The molecule has 1 aliphatic carbocycles. The van der Waals surface area contributed by atoms with E-state index in [1.54, 1.807) is 24.3 Å². The number of hydrogen-bond donors (Lipinski definition) is 3. The van der Waals surface area contributed by atoms with Crippen molar-refractivity contribution >= 4 is 23.4 Å². The van der Waals surface area contributed by atoms with Crippen LogP contribution in [0.4, 0.5) is 0 Å². The van der Waals surface area contributed by atoms with Gasteiger partial charge in [0.05, 0.1) is 11.1 Å². The van der Waals surface area contributed by atoms with Crippen LogP contribution in [0.15, 0.2) is 35.1 Å². The highest BCUT2D eigenvalue weighted by Crippen LogP contribution is 2.28. The summed E-state index contributed by atoms with van der Waals surface area (Å²) < 4.78 is 5.43. The minimum atomic E-state index is -0.799. The van der Waals surface area contributed by atoms with Gasteiger partial charge in [-0.15, -0.1) is 0 Å². The fourth-order valence-corrected chi connectivity index (χ4v) is 3.21. The molecular formula is C18H18ClN3O4. The van der Waals surface area contributed by atoms with Gasteiger partial charge in [0, 0.05) is 5.69 Å². The van der Waals surface area contributed by atoms with Gasteiger partial charge in [0.1, 0.15) is 11.3 Å². The number of nitrogens with one attached hydrogen (secondary N) is 2. The number of aryl methyl sites for hydroxylation is 1. The molecule has 0 saturated heterocycles. The predicted molar refractivity (Wildman–Crippen MR) is 96.3 cm³/mol. The number of carbonyl (C=O) groups is 2. The fraction of sp³-hybridized carbons (Fsp3) is 0.278. The van der Waals surface area contributed by atoms with Crippen molar-refractivity contribution in [2.24, 2.45) is 5.73 Å². The van der Waals surface area contributed by atoms with Gasteiger partial charge in [-0.2, -0.15) is 0 Å². The molecule has 0 spiro atoms. The van der Waals surface area contributed by atoms with Crippen LogP contribution in [0.25, 0.3) is 0 Å². The maximum atomic E-state index is 12.2. The normalized spacial score (nSPS) is 15.8. The van der Waals surface area contributed by atoms with E-state index in [4.69, 9.17) is 22.1 Å². The van der Waals surface area contributed by atoms with Crippen LogP contribution in [0.3, 0.4) is 0 Å². The molecular weight excluding hydrogens is 358 g/mol. The second kappa shape index (κ2) is 7.61. The van der Waals surface area contributed by atoms with Gasteiger partial charge in [-0.1, -0.05) is 23.7 Å². The molecule has 3 rings (SSSR count). The number of fused-ring (bicyclic) bond motifs is 1. The van der Waals surface area contributed by atoms with Crippen molar-refractivity contribution in [3.05, 3.63) is 62.5 Å². The average molecular weight is 376 g/mol. The van der Waals surface area contributed by atoms with Crippen molar-refractivity contribution in [3.63, 3.8) is 0 Å². The Morgan fingerprint density at radius 2 is 2.12 bits per heavy atom. The first-order valence-corrected chi connectivity index (χ1v) is 8.56. The number of primary amides is 1. The smallest absolute Gasteiger partial charge is 0.261 e. The molecule has 136 valence electrons. The number of hydrogen-bond acceptors (Lipinski definition) is 4. The van der Waals surface area contributed by atoms with Gasteiger partial charge in [-0.25, -0.2) is 0 Å². The number of amides is 2. The molecule has 0 saturated carbocycles. The number of nitrogens with two attached hydrogens (primary N) is 1. The van der Waals surface area contributed by atoms with E-state index in [2.05, 4.69) is 10.3 Å². The average Bonchev–Trinajstić information content (AvgIpc) is 2.60. The second-order valence-corrected chi connectivity index (χ2v) is 6.45. The molecule has 8 heteroatoms. The lowest BCUT2D eigenvalue weighted by molar-refractivity contribution is -0.123. The topological polar surface area (TPSA) is 114 Å². The third-order valence-corrected chi connectivity index (χ3v) is 4.56. The molecule has 7 nitrogen and oxygen atoms in total. The molecule has 4 N–H and O–H groups in total. The van der Waals surface area contributed by atoms with Gasteiger partial charge in [-0.3, -0.25) is 14.4 Å². The zero-order chi connectivity index (χ0) is 18.7. The third kappa shape index (κ3) is 3.88. The number of ether oxygens (including phenoxy) is 1. The Morgan fingerprint density at radius 3 is 2.85 bits per heavy atom. The SMILES string of the molecule is NC(=O)c1cc2c([nH]c1=O)CCCC2NC(=O)COc1ccccc1Cl. The summed E-state index contributed by atoms with van der Waals surface area (Å²) in [5.41, 5.74) is 6.04. The van der Waals surface area contributed by atoms with Gasteiger partial charge >= 0.3 is 0 Å². The highest BCUT2D eigenvalue weighted by molar-refractivity contribution is 6.32. The van der Waals surface area contributed by atoms with E-state index in [-0.39, 0.29) is 24.1 Å². The zero-order valence-electron chi connectivity index (χ0n) is 13.9. The van der Waals surface area contributed by atoms with Crippen LogP contribution in [-0.4, -0.2) is 23.4 Å². The number of carbonyl (C=O) groups excluding carboxylic acids is 2. The van der Waals surface area contributed by atoms with Crippen molar-refractivity contribution in [2.75, 3.05) is 6.61 Å². The molecule has 0 bridgehead atoms. The zero-order valence-corrected chi connectivity index (χ0v) is 14.6. The number of aromatic amines is 1. The van der Waals surface area contributed by atoms with Gasteiger partial charge in [-0.05, 0) is 43.0 Å². The predicted octanol–water partition coefficient (Wildman–Crippen LogP) is 1.70. The molecule has 2 amide bonds. The van der Waals surface area contributed by atoms with Crippen LogP contribution < -0.4 is 21.3 Å². The van der Waals surface area contributed by atoms with E-state index in [9.17, 15) is 14.4 Å². The van der Waals surface area contributed by atoms with E-state index in [1.165, 1.54) is 6.07 Å². The Labute approximate surface area is 154 Å². The van der Waals surface area contributed by atoms with E-state index in [0.717, 1.165) is 6.42 Å². The molecule has 1 unspecified atom stereocenters. The Bertz CT molecular complexity index is 910. The summed E-state index contributed by atoms with van der Waals surface area (Å²) in [5.74, 6) is -0.699. The lowest BCUT2D eigenvalue weighted by Crippen LogP contribution is -2.36. The van der Waals surface area contributed by atoms with Crippen LogP contribution in [0.1, 0.15) is 40.5 Å². The Kier molecular flexibility index (Phi) is 5.27. The van der Waals surface area contributed by atoms with Crippen LogP contribution in [0, 0.1) is 0 Å². The summed E-state index contributed by atoms with van der Waals surface area (Å²) in [6.07, 6.45) is 2.16. The molecule has 26 heavy (non-hydrogen) atoms. The fourth-order valence-electron chi connectivity index (χ4n) is 3.01. The molecule has 0 radical (unpaired) electrons. The number of para-hydroxylation sites is 1. The van der Waals surface area contributed by atoms with Crippen molar-refractivity contribution in [3.8, 4) is 5.75 Å². The second-order valence-electron chi connectivity index (χ2n) is 6.04. The molecule has 1 atom stereocenters. The Hall–Kier alpha value is -2.80.